The van der Waals surface area contributed by atoms with Crippen LogP contribution in [0.2, 0.25) is 8.67 Å². The van der Waals surface area contributed by atoms with Gasteiger partial charge in [0.25, 0.3) is 0 Å². The minimum atomic E-state index is -3.55. The second-order valence-corrected chi connectivity index (χ2v) is 9.00. The molecule has 0 radical (unpaired) electrons. The van der Waals surface area contributed by atoms with Gasteiger partial charge in [-0.05, 0) is 28.8 Å². The number of thiophene rings is 1. The van der Waals surface area contributed by atoms with E-state index in [1.165, 1.54) is 4.31 Å². The predicted octanol–water partition coefficient (Wildman–Crippen LogP) is 4.38. The van der Waals surface area contributed by atoms with Crippen molar-refractivity contribution in [1.29, 1.82) is 0 Å². The Kier molecular flexibility index (Phi) is 5.00. The quantitative estimate of drug-likeness (QED) is 0.748. The van der Waals surface area contributed by atoms with Crippen LogP contribution in [0.5, 0.6) is 0 Å². The Morgan fingerprint density at radius 3 is 2.06 bits per heavy atom. The van der Waals surface area contributed by atoms with E-state index in [1.807, 2.05) is 0 Å². The second-order valence-electron chi connectivity index (χ2n) is 4.11. The summed E-state index contributed by atoms with van der Waals surface area (Å²) in [6.45, 7) is 1.11. The van der Waals surface area contributed by atoms with E-state index in [0.717, 1.165) is 37.0 Å². The zero-order chi connectivity index (χ0) is 13.3. The standard InChI is InChI=1S/C10H12BrCl2NO2S2/c11-7-8(10(13)17-9(7)12)18(15,16)14-5-3-1-2-4-6-14/h1-6H2. The molecule has 0 N–H and O–H groups in total. The van der Waals surface area contributed by atoms with Gasteiger partial charge in [0.05, 0.1) is 4.47 Å². The molecule has 0 unspecified atom stereocenters. The summed E-state index contributed by atoms with van der Waals surface area (Å²) in [6, 6.07) is 0. The van der Waals surface area contributed by atoms with Crippen molar-refractivity contribution in [2.75, 3.05) is 13.1 Å². The van der Waals surface area contributed by atoms with E-state index < -0.39 is 10.0 Å². The highest BCUT2D eigenvalue weighted by molar-refractivity contribution is 9.10. The van der Waals surface area contributed by atoms with Gasteiger partial charge < -0.3 is 0 Å². The molecule has 0 aromatic carbocycles. The monoisotopic (exact) mass is 391 g/mol. The Balaban J connectivity index is 2.40. The molecule has 0 bridgehead atoms. The lowest BCUT2D eigenvalue weighted by Gasteiger charge is -2.19. The number of sulfonamides is 1. The van der Waals surface area contributed by atoms with E-state index in [2.05, 4.69) is 15.9 Å². The van der Waals surface area contributed by atoms with Crippen molar-refractivity contribution in [1.82, 2.24) is 4.31 Å². The molecule has 1 aliphatic rings. The van der Waals surface area contributed by atoms with Crippen LogP contribution in [0, 0.1) is 0 Å². The normalized spacial score (nSPS) is 18.8. The highest BCUT2D eigenvalue weighted by Gasteiger charge is 2.32. The van der Waals surface area contributed by atoms with Crippen LogP contribution in [-0.2, 0) is 10.0 Å². The molecule has 8 heteroatoms. The Hall–Kier alpha value is 0.670. The summed E-state index contributed by atoms with van der Waals surface area (Å²) in [6.07, 6.45) is 3.94. The van der Waals surface area contributed by atoms with Crippen LogP contribution in [0.1, 0.15) is 25.7 Å². The molecule has 102 valence electrons. The van der Waals surface area contributed by atoms with Crippen molar-refractivity contribution in [3.8, 4) is 0 Å². The molecule has 1 aliphatic heterocycles. The van der Waals surface area contributed by atoms with Crippen molar-refractivity contribution in [3.05, 3.63) is 13.1 Å². The molecule has 1 aromatic heterocycles. The van der Waals surface area contributed by atoms with E-state index >= 15 is 0 Å². The topological polar surface area (TPSA) is 37.4 Å². The number of rotatable bonds is 2. The summed E-state index contributed by atoms with van der Waals surface area (Å²) in [5, 5.41) is 0. The summed E-state index contributed by atoms with van der Waals surface area (Å²) >= 11 is 16.2. The number of hydrogen-bond acceptors (Lipinski definition) is 3. The first-order valence-corrected chi connectivity index (χ1v) is 9.38. The number of halogens is 3. The molecule has 18 heavy (non-hydrogen) atoms. The zero-order valence-corrected chi connectivity index (χ0v) is 14.2. The molecule has 0 atom stereocenters. The fraction of sp³-hybridized carbons (Fsp3) is 0.600. The molecule has 1 fully saturated rings. The molecule has 0 spiro atoms. The van der Waals surface area contributed by atoms with Crippen LogP contribution in [0.3, 0.4) is 0 Å². The van der Waals surface area contributed by atoms with E-state index in [9.17, 15) is 8.42 Å². The van der Waals surface area contributed by atoms with Crippen LogP contribution in [0.25, 0.3) is 0 Å². The van der Waals surface area contributed by atoms with Crippen molar-refractivity contribution in [2.24, 2.45) is 0 Å². The van der Waals surface area contributed by atoms with Crippen molar-refractivity contribution < 1.29 is 8.42 Å². The number of nitrogens with zero attached hydrogens (tertiary/aromatic N) is 1. The predicted molar refractivity (Wildman–Crippen MR) is 79.3 cm³/mol. The highest BCUT2D eigenvalue weighted by Crippen LogP contribution is 2.44. The first-order valence-electron chi connectivity index (χ1n) is 5.58. The lowest BCUT2D eigenvalue weighted by Crippen LogP contribution is -2.32. The maximum atomic E-state index is 12.6. The Morgan fingerprint density at radius 1 is 1.06 bits per heavy atom. The summed E-state index contributed by atoms with van der Waals surface area (Å²) in [7, 11) is -3.55. The molecule has 0 saturated carbocycles. The third kappa shape index (κ3) is 2.88. The fourth-order valence-electron chi connectivity index (χ4n) is 1.97. The lowest BCUT2D eigenvalue weighted by molar-refractivity contribution is 0.423. The van der Waals surface area contributed by atoms with Gasteiger partial charge in [0.2, 0.25) is 10.0 Å². The average Bonchev–Trinajstić information content (AvgIpc) is 2.51. The first-order chi connectivity index (χ1) is 8.44. The molecular weight excluding hydrogens is 381 g/mol. The van der Waals surface area contributed by atoms with Gasteiger partial charge in [-0.1, -0.05) is 36.0 Å². The molecule has 1 saturated heterocycles. The van der Waals surface area contributed by atoms with Gasteiger partial charge in [0.15, 0.2) is 0 Å². The van der Waals surface area contributed by atoms with E-state index in [0.29, 0.717) is 21.9 Å². The molecule has 0 aliphatic carbocycles. The Labute approximate surface area is 129 Å². The van der Waals surface area contributed by atoms with Gasteiger partial charge >= 0.3 is 0 Å². The van der Waals surface area contributed by atoms with Gasteiger partial charge in [-0.3, -0.25) is 0 Å². The van der Waals surface area contributed by atoms with Gasteiger partial charge in [0.1, 0.15) is 13.6 Å². The average molecular weight is 393 g/mol. The fourth-order valence-corrected chi connectivity index (χ4v) is 6.97. The molecular formula is C10H12BrCl2NO2S2. The Bertz CT molecular complexity index is 536. The number of hydrogen-bond donors (Lipinski definition) is 0. The van der Waals surface area contributed by atoms with Crippen LogP contribution in [0.15, 0.2) is 9.37 Å². The largest absolute Gasteiger partial charge is 0.246 e. The SMILES string of the molecule is O=S(=O)(c1c(Cl)sc(Cl)c1Br)N1CCCCCC1. The summed E-state index contributed by atoms with van der Waals surface area (Å²) in [5.74, 6) is 0. The lowest BCUT2D eigenvalue weighted by atomic mass is 10.2. The van der Waals surface area contributed by atoms with Crippen molar-refractivity contribution in [3.63, 3.8) is 0 Å². The van der Waals surface area contributed by atoms with Crippen molar-refractivity contribution >= 4 is 60.5 Å². The molecule has 2 heterocycles. The maximum Gasteiger partial charge on any atom is 0.246 e. The zero-order valence-electron chi connectivity index (χ0n) is 9.46. The minimum absolute atomic E-state index is 0.112. The molecule has 0 amide bonds. The second kappa shape index (κ2) is 5.97. The van der Waals surface area contributed by atoms with Gasteiger partial charge in [-0.25, -0.2) is 8.42 Å². The minimum Gasteiger partial charge on any atom is -0.207 e. The summed E-state index contributed by atoms with van der Waals surface area (Å²) < 4.78 is 27.6. The maximum absolute atomic E-state index is 12.6. The molecule has 1 aromatic rings. The van der Waals surface area contributed by atoms with E-state index in [-0.39, 0.29) is 9.23 Å². The first kappa shape index (κ1) is 15.1. The van der Waals surface area contributed by atoms with Crippen LogP contribution in [-0.4, -0.2) is 25.8 Å². The van der Waals surface area contributed by atoms with Crippen LogP contribution in [0.4, 0.5) is 0 Å². The van der Waals surface area contributed by atoms with Crippen LogP contribution < -0.4 is 0 Å². The summed E-state index contributed by atoms with van der Waals surface area (Å²) in [5.41, 5.74) is 0. The molecule has 2 rings (SSSR count). The van der Waals surface area contributed by atoms with Gasteiger partial charge in [-0.2, -0.15) is 4.31 Å². The smallest absolute Gasteiger partial charge is 0.207 e. The van der Waals surface area contributed by atoms with E-state index in [1.54, 1.807) is 0 Å². The third-order valence-electron chi connectivity index (χ3n) is 2.89. The van der Waals surface area contributed by atoms with E-state index in [4.69, 9.17) is 23.2 Å². The highest BCUT2D eigenvalue weighted by atomic mass is 79.9. The molecule has 3 nitrogen and oxygen atoms in total. The van der Waals surface area contributed by atoms with Crippen LogP contribution >= 0.6 is 50.5 Å². The summed E-state index contributed by atoms with van der Waals surface area (Å²) in [4.78, 5) is 0.112. The third-order valence-corrected chi connectivity index (χ3v) is 8.26. The Morgan fingerprint density at radius 2 is 1.61 bits per heavy atom. The van der Waals surface area contributed by atoms with Gasteiger partial charge in [0, 0.05) is 13.1 Å². The van der Waals surface area contributed by atoms with Gasteiger partial charge in [-0.15, -0.1) is 11.3 Å². The van der Waals surface area contributed by atoms with Crippen molar-refractivity contribution in [2.45, 2.75) is 30.6 Å².